The minimum atomic E-state index is 0.606. The van der Waals surface area contributed by atoms with Crippen LogP contribution in [-0.2, 0) is 0 Å². The summed E-state index contributed by atoms with van der Waals surface area (Å²) in [6.45, 7) is 0.844. The molecule has 0 bridgehead atoms. The first-order chi connectivity index (χ1) is 6.40. The van der Waals surface area contributed by atoms with Crippen LogP contribution in [-0.4, -0.2) is 15.9 Å². The van der Waals surface area contributed by atoms with E-state index in [-0.39, 0.29) is 0 Å². The lowest BCUT2D eigenvalue weighted by Crippen LogP contribution is -2.20. The summed E-state index contributed by atoms with van der Waals surface area (Å²) < 4.78 is 4.29. The zero-order valence-electron chi connectivity index (χ0n) is 7.65. The van der Waals surface area contributed by atoms with Gasteiger partial charge in [-0.25, -0.2) is 4.98 Å². The second-order valence-corrected chi connectivity index (χ2v) is 4.35. The van der Waals surface area contributed by atoms with E-state index in [9.17, 15) is 0 Å². The lowest BCUT2D eigenvalue weighted by Gasteiger charge is -2.25. The SMILES string of the molecule is NCC1CCC(c2ncsn2)CC1. The van der Waals surface area contributed by atoms with Crippen molar-refractivity contribution < 1.29 is 0 Å². The fourth-order valence-corrected chi connectivity index (χ4v) is 2.52. The van der Waals surface area contributed by atoms with Gasteiger partial charge in [-0.3, -0.25) is 0 Å². The van der Waals surface area contributed by atoms with Crippen LogP contribution in [0, 0.1) is 5.92 Å². The standard InChI is InChI=1S/C9H15N3S/c10-5-7-1-3-8(4-2-7)9-11-6-13-12-9/h6-8H,1-5,10H2. The number of nitrogens with zero attached hydrogens (tertiary/aromatic N) is 2. The van der Waals surface area contributed by atoms with Gasteiger partial charge in [-0.15, -0.1) is 0 Å². The van der Waals surface area contributed by atoms with Gasteiger partial charge in [-0.2, -0.15) is 4.37 Å². The molecule has 0 aliphatic heterocycles. The Kier molecular flexibility index (Phi) is 2.90. The molecule has 1 heterocycles. The van der Waals surface area contributed by atoms with Gasteiger partial charge in [0.25, 0.3) is 0 Å². The monoisotopic (exact) mass is 197 g/mol. The van der Waals surface area contributed by atoms with E-state index in [4.69, 9.17) is 5.73 Å². The summed E-state index contributed by atoms with van der Waals surface area (Å²) in [7, 11) is 0. The van der Waals surface area contributed by atoms with Gasteiger partial charge < -0.3 is 5.73 Å². The van der Waals surface area contributed by atoms with Gasteiger partial charge in [0.1, 0.15) is 11.3 Å². The zero-order chi connectivity index (χ0) is 9.10. The Bertz CT molecular complexity index is 239. The average molecular weight is 197 g/mol. The van der Waals surface area contributed by atoms with Crippen LogP contribution >= 0.6 is 11.5 Å². The summed E-state index contributed by atoms with van der Waals surface area (Å²) >= 11 is 1.45. The second kappa shape index (κ2) is 4.15. The Morgan fingerprint density at radius 1 is 1.38 bits per heavy atom. The van der Waals surface area contributed by atoms with E-state index < -0.39 is 0 Å². The van der Waals surface area contributed by atoms with E-state index in [1.807, 2.05) is 5.51 Å². The van der Waals surface area contributed by atoms with Crippen molar-refractivity contribution in [3.63, 3.8) is 0 Å². The predicted octanol–water partition coefficient (Wildman–Crippen LogP) is 1.77. The number of aromatic nitrogens is 2. The molecule has 1 aromatic rings. The molecule has 13 heavy (non-hydrogen) atoms. The van der Waals surface area contributed by atoms with E-state index >= 15 is 0 Å². The van der Waals surface area contributed by atoms with Gasteiger partial charge in [0.05, 0.1) is 0 Å². The first-order valence-electron chi connectivity index (χ1n) is 4.86. The van der Waals surface area contributed by atoms with Crippen LogP contribution in [0.15, 0.2) is 5.51 Å². The summed E-state index contributed by atoms with van der Waals surface area (Å²) in [5.41, 5.74) is 7.46. The van der Waals surface area contributed by atoms with Gasteiger partial charge >= 0.3 is 0 Å². The average Bonchev–Trinajstić information content (AvgIpc) is 2.71. The van der Waals surface area contributed by atoms with Crippen molar-refractivity contribution in [1.29, 1.82) is 0 Å². The molecule has 1 saturated carbocycles. The Labute approximate surface area is 82.5 Å². The maximum absolute atomic E-state index is 5.64. The number of hydrogen-bond acceptors (Lipinski definition) is 4. The highest BCUT2D eigenvalue weighted by Crippen LogP contribution is 2.33. The molecule has 2 N–H and O–H groups in total. The minimum absolute atomic E-state index is 0.606. The molecule has 1 aliphatic rings. The molecule has 0 unspecified atom stereocenters. The molecule has 0 saturated heterocycles. The predicted molar refractivity (Wildman–Crippen MR) is 53.7 cm³/mol. The van der Waals surface area contributed by atoms with Crippen molar-refractivity contribution in [1.82, 2.24) is 9.36 Å². The maximum atomic E-state index is 5.64. The number of hydrogen-bond donors (Lipinski definition) is 1. The van der Waals surface area contributed by atoms with Crippen molar-refractivity contribution in [2.75, 3.05) is 6.54 Å². The highest BCUT2D eigenvalue weighted by Gasteiger charge is 2.23. The third-order valence-corrected chi connectivity index (χ3v) is 3.42. The normalized spacial score (nSPS) is 29.0. The highest BCUT2D eigenvalue weighted by atomic mass is 32.1. The molecule has 1 aliphatic carbocycles. The molecule has 2 rings (SSSR count). The van der Waals surface area contributed by atoms with Gasteiger partial charge in [0, 0.05) is 5.92 Å². The van der Waals surface area contributed by atoms with Crippen LogP contribution in [0.5, 0.6) is 0 Å². The molecular formula is C9H15N3S. The molecule has 1 aromatic heterocycles. The van der Waals surface area contributed by atoms with E-state index in [2.05, 4.69) is 9.36 Å². The molecule has 0 amide bonds. The zero-order valence-corrected chi connectivity index (χ0v) is 8.46. The largest absolute Gasteiger partial charge is 0.330 e. The summed E-state index contributed by atoms with van der Waals surface area (Å²) in [4.78, 5) is 4.27. The van der Waals surface area contributed by atoms with Crippen LogP contribution in [0.25, 0.3) is 0 Å². The molecular weight excluding hydrogens is 182 g/mol. The number of rotatable bonds is 2. The van der Waals surface area contributed by atoms with Crippen LogP contribution < -0.4 is 5.73 Å². The van der Waals surface area contributed by atoms with Crippen molar-refractivity contribution in [2.24, 2.45) is 11.7 Å². The van der Waals surface area contributed by atoms with Crippen LogP contribution in [0.4, 0.5) is 0 Å². The third kappa shape index (κ3) is 2.06. The van der Waals surface area contributed by atoms with E-state index in [0.29, 0.717) is 5.92 Å². The number of nitrogens with two attached hydrogens (primary N) is 1. The minimum Gasteiger partial charge on any atom is -0.330 e. The lowest BCUT2D eigenvalue weighted by molar-refractivity contribution is 0.327. The molecule has 4 heteroatoms. The fourth-order valence-electron chi connectivity index (χ4n) is 2.02. The molecule has 0 atom stereocenters. The quantitative estimate of drug-likeness (QED) is 0.786. The van der Waals surface area contributed by atoms with Crippen molar-refractivity contribution >= 4 is 11.5 Å². The second-order valence-electron chi connectivity index (χ2n) is 3.74. The molecule has 0 aromatic carbocycles. The summed E-state index contributed by atoms with van der Waals surface area (Å²) in [6, 6.07) is 0. The maximum Gasteiger partial charge on any atom is 0.145 e. The van der Waals surface area contributed by atoms with Gasteiger partial charge in [-0.05, 0) is 49.7 Å². The summed E-state index contributed by atoms with van der Waals surface area (Å²) in [5.74, 6) is 2.41. The fraction of sp³-hybridized carbons (Fsp3) is 0.778. The smallest absolute Gasteiger partial charge is 0.145 e. The lowest BCUT2D eigenvalue weighted by atomic mass is 9.82. The Balaban J connectivity index is 1.92. The highest BCUT2D eigenvalue weighted by molar-refractivity contribution is 7.03. The van der Waals surface area contributed by atoms with Crippen LogP contribution in [0.3, 0.4) is 0 Å². The molecule has 1 fully saturated rings. The molecule has 3 nitrogen and oxygen atoms in total. The third-order valence-electron chi connectivity index (χ3n) is 2.92. The first-order valence-corrected chi connectivity index (χ1v) is 5.70. The molecule has 72 valence electrons. The van der Waals surface area contributed by atoms with E-state index in [0.717, 1.165) is 18.3 Å². The summed E-state index contributed by atoms with van der Waals surface area (Å²) in [5, 5.41) is 0. The van der Waals surface area contributed by atoms with E-state index in [1.165, 1.54) is 37.2 Å². The van der Waals surface area contributed by atoms with Crippen molar-refractivity contribution in [3.05, 3.63) is 11.3 Å². The Morgan fingerprint density at radius 3 is 2.69 bits per heavy atom. The van der Waals surface area contributed by atoms with Crippen LogP contribution in [0.1, 0.15) is 37.4 Å². The molecule has 0 spiro atoms. The van der Waals surface area contributed by atoms with Crippen molar-refractivity contribution in [2.45, 2.75) is 31.6 Å². The van der Waals surface area contributed by atoms with Crippen molar-refractivity contribution in [3.8, 4) is 0 Å². The molecule has 0 radical (unpaired) electrons. The Hall–Kier alpha value is -0.480. The topological polar surface area (TPSA) is 51.8 Å². The summed E-state index contributed by atoms with van der Waals surface area (Å²) in [6.07, 6.45) is 4.94. The first kappa shape index (κ1) is 9.09. The van der Waals surface area contributed by atoms with Gasteiger partial charge in [-0.1, -0.05) is 0 Å². The van der Waals surface area contributed by atoms with Gasteiger partial charge in [0.15, 0.2) is 0 Å². The van der Waals surface area contributed by atoms with E-state index in [1.54, 1.807) is 0 Å². The Morgan fingerprint density at radius 2 is 2.15 bits per heavy atom. The van der Waals surface area contributed by atoms with Gasteiger partial charge in [0.2, 0.25) is 0 Å². The van der Waals surface area contributed by atoms with Crippen LogP contribution in [0.2, 0.25) is 0 Å².